The quantitative estimate of drug-likeness (QED) is 0.638. The van der Waals surface area contributed by atoms with Gasteiger partial charge in [0, 0.05) is 0 Å². The number of aryl methyl sites for hydroxylation is 2. The van der Waals surface area contributed by atoms with Gasteiger partial charge in [0.2, 0.25) is 0 Å². The summed E-state index contributed by atoms with van der Waals surface area (Å²) in [6.07, 6.45) is 0. The lowest BCUT2D eigenvalue weighted by molar-refractivity contribution is 1.25. The van der Waals surface area contributed by atoms with Crippen molar-refractivity contribution in [1.82, 2.24) is 9.97 Å². The fraction of sp³-hybridized carbons (Fsp3) is 0.200. The maximum absolute atomic E-state index is 4.14. The molecule has 2 heterocycles. The van der Waals surface area contributed by atoms with Crippen LogP contribution in [0.4, 0.5) is 0 Å². The molecule has 0 amide bonds. The lowest BCUT2D eigenvalue weighted by atomic mass is 10.3. The van der Waals surface area contributed by atoms with Gasteiger partial charge in [-0.3, -0.25) is 0 Å². The molecule has 0 saturated carbocycles. The van der Waals surface area contributed by atoms with E-state index in [0.717, 1.165) is 21.1 Å². The zero-order valence-corrected chi connectivity index (χ0v) is 9.50. The minimum Gasteiger partial charge on any atom is -0.249 e. The fourth-order valence-electron chi connectivity index (χ4n) is 0.957. The SMILES string of the molecule is Cc1ncsc1C#Cc1scnc1C. The first-order chi connectivity index (χ1) is 6.77. The maximum Gasteiger partial charge on any atom is 0.1000 e. The Morgan fingerprint density at radius 1 is 0.929 bits per heavy atom. The predicted molar refractivity (Wildman–Crippen MR) is 59.7 cm³/mol. The second-order valence-corrected chi connectivity index (χ2v) is 4.49. The van der Waals surface area contributed by atoms with Crippen LogP contribution in [0.5, 0.6) is 0 Å². The minimum atomic E-state index is 1.00. The van der Waals surface area contributed by atoms with Gasteiger partial charge in [0.05, 0.1) is 32.2 Å². The zero-order chi connectivity index (χ0) is 9.97. The number of thiazole rings is 2. The summed E-state index contributed by atoms with van der Waals surface area (Å²) < 4.78 is 0. The predicted octanol–water partition coefficient (Wildman–Crippen LogP) is 2.62. The Kier molecular flexibility index (Phi) is 2.62. The Balaban J connectivity index is 2.31. The second-order valence-electron chi connectivity index (χ2n) is 2.78. The Bertz CT molecular complexity index is 455. The topological polar surface area (TPSA) is 25.8 Å². The molecule has 2 aromatic rings. The number of hydrogen-bond acceptors (Lipinski definition) is 4. The van der Waals surface area contributed by atoms with E-state index in [2.05, 4.69) is 21.8 Å². The Morgan fingerprint density at radius 3 is 1.64 bits per heavy atom. The van der Waals surface area contributed by atoms with Crippen LogP contribution < -0.4 is 0 Å². The highest BCUT2D eigenvalue weighted by Gasteiger charge is 1.98. The van der Waals surface area contributed by atoms with Gasteiger partial charge in [-0.25, -0.2) is 9.97 Å². The molecule has 0 aliphatic rings. The molecular formula is C10H8N2S2. The third-order valence-corrected chi connectivity index (χ3v) is 3.47. The highest BCUT2D eigenvalue weighted by Crippen LogP contribution is 2.13. The standard InChI is InChI=1S/C10H8N2S2/c1-7-9(13-5-11-7)3-4-10-8(2)12-6-14-10/h5-6H,1-2H3. The molecule has 0 aliphatic carbocycles. The van der Waals surface area contributed by atoms with Gasteiger partial charge in [0.15, 0.2) is 0 Å². The van der Waals surface area contributed by atoms with E-state index >= 15 is 0 Å². The summed E-state index contributed by atoms with van der Waals surface area (Å²) >= 11 is 3.15. The molecule has 0 spiro atoms. The summed E-state index contributed by atoms with van der Waals surface area (Å²) in [5.74, 6) is 6.23. The summed E-state index contributed by atoms with van der Waals surface area (Å²) in [6.45, 7) is 3.94. The molecule has 0 aromatic carbocycles. The van der Waals surface area contributed by atoms with E-state index in [0.29, 0.717) is 0 Å². The van der Waals surface area contributed by atoms with Crippen LogP contribution in [0, 0.1) is 25.7 Å². The molecular weight excluding hydrogens is 212 g/mol. The normalized spacial score (nSPS) is 9.57. The number of rotatable bonds is 0. The van der Waals surface area contributed by atoms with Crippen LogP contribution in [0.25, 0.3) is 0 Å². The zero-order valence-electron chi connectivity index (χ0n) is 7.87. The molecule has 0 aliphatic heterocycles. The van der Waals surface area contributed by atoms with Crippen molar-refractivity contribution in [1.29, 1.82) is 0 Å². The van der Waals surface area contributed by atoms with E-state index in [1.54, 1.807) is 22.7 Å². The monoisotopic (exact) mass is 220 g/mol. The van der Waals surface area contributed by atoms with Crippen molar-refractivity contribution < 1.29 is 0 Å². The summed E-state index contributed by atoms with van der Waals surface area (Å²) in [5.41, 5.74) is 5.65. The van der Waals surface area contributed by atoms with Gasteiger partial charge in [-0.2, -0.15) is 0 Å². The largest absolute Gasteiger partial charge is 0.249 e. The maximum atomic E-state index is 4.14. The van der Waals surface area contributed by atoms with Crippen LogP contribution in [0.3, 0.4) is 0 Å². The van der Waals surface area contributed by atoms with Crippen LogP contribution in [-0.4, -0.2) is 9.97 Å². The first-order valence-electron chi connectivity index (χ1n) is 4.09. The summed E-state index contributed by atoms with van der Waals surface area (Å²) in [4.78, 5) is 10.4. The van der Waals surface area contributed by atoms with Gasteiger partial charge in [-0.05, 0) is 25.7 Å². The van der Waals surface area contributed by atoms with Gasteiger partial charge < -0.3 is 0 Å². The van der Waals surface area contributed by atoms with Gasteiger partial charge in [-0.1, -0.05) is 0 Å². The fourth-order valence-corrected chi connectivity index (χ4v) is 2.26. The van der Waals surface area contributed by atoms with Crippen molar-refractivity contribution in [3.63, 3.8) is 0 Å². The molecule has 14 heavy (non-hydrogen) atoms. The van der Waals surface area contributed by atoms with Gasteiger partial charge >= 0.3 is 0 Å². The average molecular weight is 220 g/mol. The van der Waals surface area contributed by atoms with E-state index in [1.807, 2.05) is 24.9 Å². The first kappa shape index (κ1) is 9.38. The molecule has 2 aromatic heterocycles. The van der Waals surface area contributed by atoms with Crippen molar-refractivity contribution in [3.05, 3.63) is 32.2 Å². The molecule has 0 atom stereocenters. The van der Waals surface area contributed by atoms with Gasteiger partial charge in [-0.15, -0.1) is 22.7 Å². The Morgan fingerprint density at radius 2 is 1.36 bits per heavy atom. The van der Waals surface area contributed by atoms with Crippen LogP contribution in [0.15, 0.2) is 11.0 Å². The first-order valence-corrected chi connectivity index (χ1v) is 5.85. The van der Waals surface area contributed by atoms with Crippen molar-refractivity contribution in [3.8, 4) is 11.8 Å². The average Bonchev–Trinajstić information content (AvgIpc) is 2.72. The van der Waals surface area contributed by atoms with E-state index in [1.165, 1.54) is 0 Å². The molecule has 4 heteroatoms. The number of hydrogen-bond donors (Lipinski definition) is 0. The Labute approximate surface area is 90.7 Å². The smallest absolute Gasteiger partial charge is 0.1000 e. The molecule has 0 saturated heterocycles. The van der Waals surface area contributed by atoms with Crippen molar-refractivity contribution in [2.24, 2.45) is 0 Å². The van der Waals surface area contributed by atoms with Crippen molar-refractivity contribution in [2.75, 3.05) is 0 Å². The number of nitrogens with zero attached hydrogens (tertiary/aromatic N) is 2. The summed E-state index contributed by atoms with van der Waals surface area (Å²) in [5, 5.41) is 0. The van der Waals surface area contributed by atoms with Gasteiger partial charge in [0.25, 0.3) is 0 Å². The molecule has 0 fully saturated rings. The third kappa shape index (κ3) is 1.84. The molecule has 2 nitrogen and oxygen atoms in total. The highest BCUT2D eigenvalue weighted by atomic mass is 32.1. The van der Waals surface area contributed by atoms with E-state index in [-0.39, 0.29) is 0 Å². The van der Waals surface area contributed by atoms with Crippen molar-refractivity contribution >= 4 is 22.7 Å². The summed E-state index contributed by atoms with van der Waals surface area (Å²) in [7, 11) is 0. The van der Waals surface area contributed by atoms with E-state index < -0.39 is 0 Å². The summed E-state index contributed by atoms with van der Waals surface area (Å²) in [6, 6.07) is 0. The Hall–Kier alpha value is -1.18. The second kappa shape index (κ2) is 3.91. The molecule has 0 unspecified atom stereocenters. The lowest BCUT2D eigenvalue weighted by Crippen LogP contribution is -1.76. The van der Waals surface area contributed by atoms with E-state index in [9.17, 15) is 0 Å². The lowest BCUT2D eigenvalue weighted by Gasteiger charge is -1.83. The van der Waals surface area contributed by atoms with Crippen LogP contribution in [0.2, 0.25) is 0 Å². The van der Waals surface area contributed by atoms with Gasteiger partial charge in [0.1, 0.15) is 0 Å². The van der Waals surface area contributed by atoms with Crippen LogP contribution in [0.1, 0.15) is 21.1 Å². The minimum absolute atomic E-state index is 1.00. The molecule has 0 N–H and O–H groups in total. The molecule has 0 radical (unpaired) electrons. The van der Waals surface area contributed by atoms with Crippen molar-refractivity contribution in [2.45, 2.75) is 13.8 Å². The van der Waals surface area contributed by atoms with E-state index in [4.69, 9.17) is 0 Å². The number of aromatic nitrogens is 2. The molecule has 2 rings (SSSR count). The third-order valence-electron chi connectivity index (χ3n) is 1.78. The van der Waals surface area contributed by atoms with Crippen LogP contribution in [-0.2, 0) is 0 Å². The molecule has 70 valence electrons. The highest BCUT2D eigenvalue weighted by molar-refractivity contribution is 7.10. The molecule has 0 bridgehead atoms. The van der Waals surface area contributed by atoms with Crippen LogP contribution >= 0.6 is 22.7 Å².